The fourth-order valence-electron chi connectivity index (χ4n) is 2.98. The molecule has 4 heteroatoms. The van der Waals surface area contributed by atoms with Crippen LogP contribution in [0, 0.1) is 0 Å². The van der Waals surface area contributed by atoms with Crippen LogP contribution in [0.3, 0.4) is 0 Å². The van der Waals surface area contributed by atoms with Gasteiger partial charge in [-0.2, -0.15) is 0 Å². The maximum absolute atomic E-state index is 6.43. The Balaban J connectivity index is 1.95. The van der Waals surface area contributed by atoms with Gasteiger partial charge in [-0.05, 0) is 16.8 Å². The molecule has 2 aromatic heterocycles. The second kappa shape index (κ2) is 4.83. The molecule has 4 aromatic rings. The van der Waals surface area contributed by atoms with Crippen LogP contribution in [-0.2, 0) is 5.41 Å². The first kappa shape index (κ1) is 14.3. The first-order valence-corrected chi connectivity index (χ1v) is 8.58. The van der Waals surface area contributed by atoms with Gasteiger partial charge in [0.25, 0.3) is 0 Å². The Morgan fingerprint density at radius 2 is 1.78 bits per heavy atom. The Bertz CT molecular complexity index is 1020. The molecule has 0 saturated carbocycles. The third-order valence-electron chi connectivity index (χ3n) is 4.15. The number of nitrogens with zero attached hydrogens (tertiary/aromatic N) is 2. The van der Waals surface area contributed by atoms with E-state index in [4.69, 9.17) is 10.7 Å². The third kappa shape index (κ3) is 2.21. The molecular weight excluding hydrogens is 302 g/mol. The lowest BCUT2D eigenvalue weighted by molar-refractivity contribution is 0.576. The van der Waals surface area contributed by atoms with Crippen molar-refractivity contribution < 1.29 is 0 Å². The van der Waals surface area contributed by atoms with Crippen LogP contribution in [0.5, 0.6) is 0 Å². The number of fused-ring (bicyclic) bond motifs is 2. The molecule has 116 valence electrons. The van der Waals surface area contributed by atoms with E-state index in [9.17, 15) is 0 Å². The van der Waals surface area contributed by atoms with E-state index < -0.39 is 0 Å². The van der Waals surface area contributed by atoms with Crippen LogP contribution in [-0.4, -0.2) is 9.38 Å². The largest absolute Gasteiger partial charge is 0.383 e. The molecule has 0 atom stereocenters. The number of nitrogens with two attached hydrogens (primary N) is 1. The van der Waals surface area contributed by atoms with Crippen LogP contribution in [0.1, 0.15) is 26.5 Å². The molecule has 0 unspecified atom stereocenters. The summed E-state index contributed by atoms with van der Waals surface area (Å²) in [4.78, 5) is 5.70. The van der Waals surface area contributed by atoms with Crippen LogP contribution in [0.25, 0.3) is 27.0 Å². The smallest absolute Gasteiger partial charge is 0.196 e. The van der Waals surface area contributed by atoms with Gasteiger partial charge in [0.05, 0.1) is 11.4 Å². The number of anilines is 1. The average Bonchev–Trinajstić information content (AvgIpc) is 3.07. The zero-order valence-electron chi connectivity index (χ0n) is 13.5. The molecule has 23 heavy (non-hydrogen) atoms. The zero-order chi connectivity index (χ0) is 16.2. The number of hydrogen-bond donors (Lipinski definition) is 1. The Morgan fingerprint density at radius 3 is 2.52 bits per heavy atom. The maximum atomic E-state index is 6.43. The molecule has 0 aliphatic rings. The first-order valence-electron chi connectivity index (χ1n) is 7.70. The van der Waals surface area contributed by atoms with E-state index in [-0.39, 0.29) is 5.41 Å². The second-order valence-electron chi connectivity index (χ2n) is 6.90. The average molecular weight is 321 g/mol. The van der Waals surface area contributed by atoms with E-state index in [1.807, 2.05) is 0 Å². The van der Waals surface area contributed by atoms with Gasteiger partial charge in [0.1, 0.15) is 5.82 Å². The molecular formula is C19H19N3S. The number of imidazole rings is 1. The van der Waals surface area contributed by atoms with Gasteiger partial charge in [-0.25, -0.2) is 4.98 Å². The van der Waals surface area contributed by atoms with Gasteiger partial charge in [0.2, 0.25) is 0 Å². The zero-order valence-corrected chi connectivity index (χ0v) is 14.3. The van der Waals surface area contributed by atoms with Crippen molar-refractivity contribution in [2.75, 3.05) is 5.73 Å². The van der Waals surface area contributed by atoms with Crippen LogP contribution in [0.2, 0.25) is 0 Å². The van der Waals surface area contributed by atoms with Crippen molar-refractivity contribution >= 4 is 32.9 Å². The lowest BCUT2D eigenvalue weighted by Gasteiger charge is -2.16. The standard InChI is InChI=1S/C19H19N3S/c1-19(2,3)16-17(20)22-15(11-23-18(22)21-16)14-9-8-12-6-4-5-7-13(12)10-14/h4-11H,20H2,1-3H3. The van der Waals surface area contributed by atoms with Crippen molar-refractivity contribution in [2.24, 2.45) is 0 Å². The molecule has 0 spiro atoms. The fourth-order valence-corrected chi connectivity index (χ4v) is 3.89. The fraction of sp³-hybridized carbons (Fsp3) is 0.211. The minimum absolute atomic E-state index is 0.0590. The molecule has 0 saturated heterocycles. The number of benzene rings is 2. The van der Waals surface area contributed by atoms with Gasteiger partial charge >= 0.3 is 0 Å². The van der Waals surface area contributed by atoms with Crippen molar-refractivity contribution in [1.82, 2.24) is 9.38 Å². The van der Waals surface area contributed by atoms with Crippen molar-refractivity contribution in [3.63, 3.8) is 0 Å². The minimum Gasteiger partial charge on any atom is -0.383 e. The van der Waals surface area contributed by atoms with Crippen molar-refractivity contribution in [3.8, 4) is 11.3 Å². The van der Waals surface area contributed by atoms with Crippen molar-refractivity contribution in [1.29, 1.82) is 0 Å². The highest BCUT2D eigenvalue weighted by atomic mass is 32.1. The SMILES string of the molecule is CC(C)(C)c1nc2scc(-c3ccc4ccccc4c3)n2c1N. The van der Waals surface area contributed by atoms with E-state index >= 15 is 0 Å². The van der Waals surface area contributed by atoms with Crippen LogP contribution < -0.4 is 5.73 Å². The lowest BCUT2D eigenvalue weighted by Crippen LogP contribution is -2.14. The highest BCUT2D eigenvalue weighted by molar-refractivity contribution is 7.15. The van der Waals surface area contributed by atoms with Crippen LogP contribution in [0.4, 0.5) is 5.82 Å². The summed E-state index contributed by atoms with van der Waals surface area (Å²) in [5.41, 5.74) is 9.61. The summed E-state index contributed by atoms with van der Waals surface area (Å²) < 4.78 is 2.08. The summed E-state index contributed by atoms with van der Waals surface area (Å²) >= 11 is 1.64. The van der Waals surface area contributed by atoms with Gasteiger partial charge in [0.15, 0.2) is 4.96 Å². The van der Waals surface area contributed by atoms with Gasteiger partial charge < -0.3 is 5.73 Å². The third-order valence-corrected chi connectivity index (χ3v) is 4.98. The molecule has 0 aliphatic heterocycles. The van der Waals surface area contributed by atoms with E-state index in [2.05, 4.69) is 73.0 Å². The molecule has 0 aliphatic carbocycles. The summed E-state index contributed by atoms with van der Waals surface area (Å²) in [5, 5.41) is 4.62. The molecule has 3 nitrogen and oxygen atoms in total. The molecule has 2 heterocycles. The van der Waals surface area contributed by atoms with Gasteiger partial charge in [-0.15, -0.1) is 11.3 Å². The van der Waals surface area contributed by atoms with Crippen LogP contribution >= 0.6 is 11.3 Å². The monoisotopic (exact) mass is 321 g/mol. The van der Waals surface area contributed by atoms with Gasteiger partial charge in [0, 0.05) is 16.4 Å². The predicted octanol–water partition coefficient (Wildman–Crippen LogP) is 5.10. The molecule has 0 amide bonds. The second-order valence-corrected chi connectivity index (χ2v) is 7.73. The summed E-state index contributed by atoms with van der Waals surface area (Å²) in [5.74, 6) is 0.747. The highest BCUT2D eigenvalue weighted by Crippen LogP contribution is 2.35. The molecule has 0 bridgehead atoms. The quantitative estimate of drug-likeness (QED) is 0.530. The number of aromatic nitrogens is 2. The number of thiazole rings is 1. The van der Waals surface area contributed by atoms with Gasteiger partial charge in [-0.1, -0.05) is 57.2 Å². The summed E-state index contributed by atoms with van der Waals surface area (Å²) in [7, 11) is 0. The van der Waals surface area contributed by atoms with Crippen molar-refractivity contribution in [2.45, 2.75) is 26.2 Å². The number of rotatable bonds is 1. The van der Waals surface area contributed by atoms with E-state index in [0.29, 0.717) is 0 Å². The Labute approximate surface area is 139 Å². The normalized spacial score (nSPS) is 12.3. The summed E-state index contributed by atoms with van der Waals surface area (Å²) in [6.07, 6.45) is 0. The Kier molecular flexibility index (Phi) is 3.00. The van der Waals surface area contributed by atoms with E-state index in [1.54, 1.807) is 11.3 Å². The maximum Gasteiger partial charge on any atom is 0.196 e. The summed E-state index contributed by atoms with van der Waals surface area (Å²) in [6, 6.07) is 14.9. The Hall–Kier alpha value is -2.33. The minimum atomic E-state index is -0.0590. The van der Waals surface area contributed by atoms with Gasteiger partial charge in [-0.3, -0.25) is 4.40 Å². The van der Waals surface area contributed by atoms with E-state index in [1.165, 1.54) is 16.3 Å². The topological polar surface area (TPSA) is 43.3 Å². The van der Waals surface area contributed by atoms with E-state index in [0.717, 1.165) is 22.2 Å². The summed E-state index contributed by atoms with van der Waals surface area (Å²) in [6.45, 7) is 6.43. The Morgan fingerprint density at radius 1 is 1.04 bits per heavy atom. The molecule has 2 aromatic carbocycles. The highest BCUT2D eigenvalue weighted by Gasteiger charge is 2.24. The molecule has 4 rings (SSSR count). The lowest BCUT2D eigenvalue weighted by atomic mass is 9.92. The molecule has 0 fully saturated rings. The first-order chi connectivity index (χ1) is 10.9. The van der Waals surface area contributed by atoms with Crippen LogP contribution in [0.15, 0.2) is 47.8 Å². The predicted molar refractivity (Wildman–Crippen MR) is 99.1 cm³/mol. The molecule has 0 radical (unpaired) electrons. The number of hydrogen-bond acceptors (Lipinski definition) is 3. The van der Waals surface area contributed by atoms with Crippen molar-refractivity contribution in [3.05, 3.63) is 53.5 Å². The molecule has 2 N–H and O–H groups in total. The number of nitrogen functional groups attached to an aromatic ring is 1.